The normalized spacial score (nSPS) is 16.8. The van der Waals surface area contributed by atoms with E-state index in [1.807, 2.05) is 61.6 Å². The van der Waals surface area contributed by atoms with Crippen LogP contribution in [0.25, 0.3) is 10.9 Å². The van der Waals surface area contributed by atoms with E-state index in [-0.39, 0.29) is 11.8 Å². The summed E-state index contributed by atoms with van der Waals surface area (Å²) >= 11 is 0. The molecule has 2 aromatic carbocycles. The number of aryl methyl sites for hydroxylation is 1. The molecule has 112 valence electrons. The number of hydrogen-bond donors (Lipinski definition) is 1. The third kappa shape index (κ3) is 1.84. The summed E-state index contributed by atoms with van der Waals surface area (Å²) < 4.78 is 7.92. The van der Waals surface area contributed by atoms with E-state index in [1.54, 1.807) is 0 Å². The molecule has 1 atom stereocenters. The van der Waals surface area contributed by atoms with Crippen LogP contribution in [-0.2, 0) is 7.05 Å². The number of aromatic nitrogens is 1. The Hall–Kier alpha value is -3.19. The quantitative estimate of drug-likeness (QED) is 0.749. The largest absolute Gasteiger partial charge is 0.438 e. The Morgan fingerprint density at radius 2 is 1.78 bits per heavy atom. The van der Waals surface area contributed by atoms with Gasteiger partial charge in [0.1, 0.15) is 11.6 Å². The predicted octanol–water partition coefficient (Wildman–Crippen LogP) is 3.40. The van der Waals surface area contributed by atoms with Crippen LogP contribution >= 0.6 is 0 Å². The fraction of sp³-hybridized carbons (Fsp3) is 0.105. The summed E-state index contributed by atoms with van der Waals surface area (Å²) in [5, 5.41) is 10.6. The van der Waals surface area contributed by atoms with Gasteiger partial charge in [-0.3, -0.25) is 0 Å². The van der Waals surface area contributed by atoms with Crippen molar-refractivity contribution in [3.8, 4) is 11.8 Å². The summed E-state index contributed by atoms with van der Waals surface area (Å²) in [7, 11) is 2.00. The summed E-state index contributed by atoms with van der Waals surface area (Å²) in [4.78, 5) is 0. The van der Waals surface area contributed by atoms with E-state index < -0.39 is 0 Å². The number of nitrogens with two attached hydrogens (primary N) is 1. The first-order valence-corrected chi connectivity index (χ1v) is 7.42. The third-order valence-corrected chi connectivity index (χ3v) is 4.40. The molecule has 0 radical (unpaired) electrons. The Labute approximate surface area is 134 Å². The van der Waals surface area contributed by atoms with Crippen LogP contribution in [0.1, 0.15) is 17.2 Å². The molecule has 0 fully saturated rings. The lowest BCUT2D eigenvalue weighted by atomic mass is 9.87. The van der Waals surface area contributed by atoms with Crippen LogP contribution < -0.4 is 10.5 Å². The van der Waals surface area contributed by atoms with E-state index in [0.717, 1.165) is 27.9 Å². The molecule has 2 N–H and O–H groups in total. The summed E-state index contributed by atoms with van der Waals surface area (Å²) in [6.45, 7) is 0. The average molecular weight is 301 g/mol. The first-order valence-electron chi connectivity index (χ1n) is 7.42. The second-order valence-corrected chi connectivity index (χ2v) is 5.63. The molecule has 0 saturated heterocycles. The number of ether oxygens (including phenoxy) is 1. The Kier molecular flexibility index (Phi) is 2.88. The molecule has 4 nitrogen and oxygen atoms in total. The second kappa shape index (κ2) is 4.92. The molecule has 0 amide bonds. The van der Waals surface area contributed by atoms with Gasteiger partial charge >= 0.3 is 0 Å². The van der Waals surface area contributed by atoms with E-state index in [9.17, 15) is 5.26 Å². The average Bonchev–Trinajstić information content (AvgIpc) is 2.87. The summed E-state index contributed by atoms with van der Waals surface area (Å²) in [5.74, 6) is 0.709. The second-order valence-electron chi connectivity index (χ2n) is 5.63. The maximum atomic E-state index is 9.61. The minimum atomic E-state index is -0.220. The lowest BCUT2D eigenvalue weighted by molar-refractivity contribution is 0.394. The molecule has 0 aliphatic carbocycles. The molecule has 2 heterocycles. The summed E-state index contributed by atoms with van der Waals surface area (Å²) in [6, 6.07) is 20.2. The Bertz CT molecular complexity index is 977. The van der Waals surface area contributed by atoms with E-state index in [1.165, 1.54) is 0 Å². The Morgan fingerprint density at radius 3 is 2.52 bits per heavy atom. The number of allylic oxidation sites excluding steroid dienone is 1. The highest BCUT2D eigenvalue weighted by Crippen LogP contribution is 2.46. The third-order valence-electron chi connectivity index (χ3n) is 4.40. The highest BCUT2D eigenvalue weighted by Gasteiger charge is 2.34. The van der Waals surface area contributed by atoms with E-state index in [4.69, 9.17) is 10.5 Å². The zero-order valence-corrected chi connectivity index (χ0v) is 12.7. The monoisotopic (exact) mass is 301 g/mol. The van der Waals surface area contributed by atoms with Gasteiger partial charge in [-0.05, 0) is 17.7 Å². The van der Waals surface area contributed by atoms with Gasteiger partial charge in [0.25, 0.3) is 0 Å². The molecule has 0 saturated carbocycles. The molecule has 3 aromatic rings. The fourth-order valence-corrected chi connectivity index (χ4v) is 3.34. The smallest absolute Gasteiger partial charge is 0.205 e. The summed E-state index contributed by atoms with van der Waals surface area (Å²) in [5.41, 5.74) is 9.56. The van der Waals surface area contributed by atoms with Gasteiger partial charge in [0, 0.05) is 12.4 Å². The van der Waals surface area contributed by atoms with Crippen LogP contribution in [0.4, 0.5) is 0 Å². The molecule has 1 aliphatic heterocycles. The molecule has 0 unspecified atom stereocenters. The number of nitrogens with zero attached hydrogens (tertiary/aromatic N) is 2. The predicted molar refractivity (Wildman–Crippen MR) is 88.7 cm³/mol. The molecular formula is C19H15N3O. The fourth-order valence-electron chi connectivity index (χ4n) is 3.34. The minimum Gasteiger partial charge on any atom is -0.438 e. The number of nitriles is 1. The van der Waals surface area contributed by atoms with E-state index >= 15 is 0 Å². The maximum Gasteiger partial charge on any atom is 0.205 e. The van der Waals surface area contributed by atoms with Crippen molar-refractivity contribution >= 4 is 10.9 Å². The lowest BCUT2D eigenvalue weighted by Crippen LogP contribution is -2.22. The molecule has 0 spiro atoms. The molecular weight excluding hydrogens is 286 g/mol. The van der Waals surface area contributed by atoms with Gasteiger partial charge in [-0.2, -0.15) is 5.26 Å². The van der Waals surface area contributed by atoms with Crippen LogP contribution in [0.3, 0.4) is 0 Å². The highest BCUT2D eigenvalue weighted by molar-refractivity contribution is 5.90. The summed E-state index contributed by atoms with van der Waals surface area (Å²) in [6.07, 6.45) is 0. The van der Waals surface area contributed by atoms with Crippen molar-refractivity contribution in [3.63, 3.8) is 0 Å². The highest BCUT2D eigenvalue weighted by atomic mass is 16.5. The van der Waals surface area contributed by atoms with Crippen LogP contribution in [0.2, 0.25) is 0 Å². The van der Waals surface area contributed by atoms with Gasteiger partial charge in [-0.25, -0.2) is 0 Å². The number of hydrogen-bond acceptors (Lipinski definition) is 3. The molecule has 23 heavy (non-hydrogen) atoms. The number of fused-ring (bicyclic) bond motifs is 3. The Balaban J connectivity index is 2.08. The van der Waals surface area contributed by atoms with Gasteiger partial charge in [0.05, 0.1) is 17.1 Å². The van der Waals surface area contributed by atoms with Crippen molar-refractivity contribution in [2.45, 2.75) is 5.92 Å². The lowest BCUT2D eigenvalue weighted by Gasteiger charge is -2.25. The van der Waals surface area contributed by atoms with Gasteiger partial charge in [0.2, 0.25) is 5.88 Å². The number of para-hydroxylation sites is 1. The number of benzene rings is 2. The van der Waals surface area contributed by atoms with Gasteiger partial charge in [-0.1, -0.05) is 42.5 Å². The van der Waals surface area contributed by atoms with Crippen LogP contribution in [0, 0.1) is 11.3 Å². The van der Waals surface area contributed by atoms with Crippen molar-refractivity contribution in [3.05, 3.63) is 77.3 Å². The van der Waals surface area contributed by atoms with Crippen molar-refractivity contribution in [2.75, 3.05) is 0 Å². The van der Waals surface area contributed by atoms with E-state index in [2.05, 4.69) is 10.6 Å². The standard InChI is InChI=1S/C19H15N3O/c1-22-15-10-6-5-9-13(15)18-17(22)16(12-7-3-2-4-8-12)14(11-20)19(21)23-18/h2-10,16H,21H2,1H3/t16-/m0/s1. The first kappa shape index (κ1) is 13.5. The maximum absolute atomic E-state index is 9.61. The van der Waals surface area contributed by atoms with Crippen molar-refractivity contribution < 1.29 is 4.74 Å². The molecule has 4 rings (SSSR count). The van der Waals surface area contributed by atoms with Crippen LogP contribution in [-0.4, -0.2) is 4.57 Å². The zero-order valence-electron chi connectivity index (χ0n) is 12.7. The topological polar surface area (TPSA) is 64.0 Å². The van der Waals surface area contributed by atoms with Gasteiger partial charge in [-0.15, -0.1) is 0 Å². The van der Waals surface area contributed by atoms with E-state index in [0.29, 0.717) is 5.57 Å². The molecule has 4 heteroatoms. The molecule has 1 aromatic heterocycles. The molecule has 0 bridgehead atoms. The Morgan fingerprint density at radius 1 is 1.09 bits per heavy atom. The van der Waals surface area contributed by atoms with Crippen LogP contribution in [0.5, 0.6) is 5.75 Å². The first-order chi connectivity index (χ1) is 11.2. The SMILES string of the molecule is Cn1c2c(c3ccccc31)OC(N)=C(C#N)[C@@H]2c1ccccc1. The molecule has 1 aliphatic rings. The van der Waals surface area contributed by atoms with Gasteiger partial charge < -0.3 is 15.0 Å². The van der Waals surface area contributed by atoms with Gasteiger partial charge in [0.15, 0.2) is 5.75 Å². The van der Waals surface area contributed by atoms with Crippen molar-refractivity contribution in [2.24, 2.45) is 12.8 Å². The minimum absolute atomic E-state index is 0.185. The van der Waals surface area contributed by atoms with Crippen LogP contribution in [0.15, 0.2) is 66.1 Å². The zero-order chi connectivity index (χ0) is 16.0. The van der Waals surface area contributed by atoms with Crippen molar-refractivity contribution in [1.29, 1.82) is 5.26 Å². The number of rotatable bonds is 1. The van der Waals surface area contributed by atoms with Crippen molar-refractivity contribution in [1.82, 2.24) is 4.57 Å².